The zero-order valence-electron chi connectivity index (χ0n) is 10.3. The van der Waals surface area contributed by atoms with E-state index in [1.807, 2.05) is 6.92 Å². The highest BCUT2D eigenvalue weighted by molar-refractivity contribution is 6.30. The van der Waals surface area contributed by atoms with Crippen LogP contribution in [-0.2, 0) is 0 Å². The molecule has 0 aliphatic carbocycles. The van der Waals surface area contributed by atoms with Crippen LogP contribution >= 0.6 is 11.6 Å². The van der Waals surface area contributed by atoms with E-state index in [0.717, 1.165) is 12.0 Å². The predicted octanol–water partition coefficient (Wildman–Crippen LogP) is 2.30. The summed E-state index contributed by atoms with van der Waals surface area (Å²) in [6.07, 6.45) is 5.03. The zero-order chi connectivity index (χ0) is 12.3. The van der Waals surface area contributed by atoms with Crippen LogP contribution in [0.4, 0.5) is 0 Å². The minimum absolute atomic E-state index is 0.466. The number of nitrogens with zero attached hydrogens (tertiary/aromatic N) is 3. The average molecular weight is 256 g/mol. The third-order valence-electron chi connectivity index (χ3n) is 3.34. The first kappa shape index (κ1) is 12.6. The van der Waals surface area contributed by atoms with Crippen LogP contribution in [0, 0.1) is 6.92 Å². The Morgan fingerprint density at radius 3 is 3.06 bits per heavy atom. The van der Waals surface area contributed by atoms with Gasteiger partial charge in [-0.3, -0.25) is 0 Å². The van der Waals surface area contributed by atoms with Gasteiger partial charge in [-0.2, -0.15) is 0 Å². The summed E-state index contributed by atoms with van der Waals surface area (Å²) in [5.74, 6) is 0.602. The summed E-state index contributed by atoms with van der Waals surface area (Å²) in [4.78, 5) is 10.4. The number of aromatic nitrogens is 2. The number of rotatable bonds is 4. The third-order valence-corrected chi connectivity index (χ3v) is 3.72. The number of hydrogen-bond donors (Lipinski definition) is 0. The van der Waals surface area contributed by atoms with Gasteiger partial charge in [0, 0.05) is 11.6 Å². The molecular formula is C12H18ClN3O. The van der Waals surface area contributed by atoms with Gasteiger partial charge < -0.3 is 9.64 Å². The van der Waals surface area contributed by atoms with Gasteiger partial charge >= 0.3 is 0 Å². The van der Waals surface area contributed by atoms with Crippen LogP contribution in [-0.4, -0.2) is 41.1 Å². The lowest BCUT2D eigenvalue weighted by Gasteiger charge is -2.19. The number of halogens is 1. The molecule has 1 unspecified atom stereocenters. The molecule has 0 bridgehead atoms. The molecule has 1 aromatic heterocycles. The summed E-state index contributed by atoms with van der Waals surface area (Å²) >= 11 is 5.90. The molecule has 2 rings (SSSR count). The Morgan fingerprint density at radius 2 is 2.35 bits per heavy atom. The van der Waals surface area contributed by atoms with Crippen LogP contribution in [0.5, 0.6) is 5.88 Å². The minimum atomic E-state index is 0.466. The predicted molar refractivity (Wildman–Crippen MR) is 67.5 cm³/mol. The molecule has 0 spiro atoms. The zero-order valence-corrected chi connectivity index (χ0v) is 11.1. The Bertz CT molecular complexity index is 386. The molecule has 1 atom stereocenters. The second-order valence-corrected chi connectivity index (χ2v) is 4.87. The smallest absolute Gasteiger partial charge is 0.220 e. The number of likely N-dealkylation sites (tertiary alicyclic amines) is 1. The molecule has 94 valence electrons. The van der Waals surface area contributed by atoms with E-state index in [0.29, 0.717) is 23.7 Å². The molecule has 2 heterocycles. The quantitative estimate of drug-likeness (QED) is 0.774. The second-order valence-electron chi connectivity index (χ2n) is 4.51. The highest BCUT2D eigenvalue weighted by Crippen LogP contribution is 2.21. The van der Waals surface area contributed by atoms with Crippen molar-refractivity contribution in [1.82, 2.24) is 14.9 Å². The molecular weight excluding hydrogens is 238 g/mol. The van der Waals surface area contributed by atoms with Crippen molar-refractivity contribution in [3.05, 3.63) is 17.0 Å². The van der Waals surface area contributed by atoms with Crippen LogP contribution in [0.25, 0.3) is 0 Å². The molecule has 0 radical (unpaired) electrons. The van der Waals surface area contributed by atoms with Crippen molar-refractivity contribution in [1.29, 1.82) is 0 Å². The highest BCUT2D eigenvalue weighted by Gasteiger charge is 2.20. The van der Waals surface area contributed by atoms with E-state index in [9.17, 15) is 0 Å². The minimum Gasteiger partial charge on any atom is -0.477 e. The summed E-state index contributed by atoms with van der Waals surface area (Å²) < 4.78 is 5.67. The van der Waals surface area contributed by atoms with Crippen LogP contribution in [0.3, 0.4) is 0 Å². The van der Waals surface area contributed by atoms with Gasteiger partial charge in [-0.15, -0.1) is 0 Å². The van der Waals surface area contributed by atoms with Crippen molar-refractivity contribution in [3.63, 3.8) is 0 Å². The lowest BCUT2D eigenvalue weighted by Crippen LogP contribution is -2.26. The van der Waals surface area contributed by atoms with E-state index in [1.165, 1.54) is 25.7 Å². The fraction of sp³-hybridized carbons (Fsp3) is 0.667. The van der Waals surface area contributed by atoms with Crippen LogP contribution in [0.15, 0.2) is 6.33 Å². The summed E-state index contributed by atoms with van der Waals surface area (Å²) in [6.45, 7) is 3.76. The van der Waals surface area contributed by atoms with Crippen molar-refractivity contribution in [2.75, 3.05) is 20.2 Å². The molecule has 1 aliphatic heterocycles. The van der Waals surface area contributed by atoms with E-state index in [1.54, 1.807) is 0 Å². The van der Waals surface area contributed by atoms with E-state index in [2.05, 4.69) is 21.9 Å². The molecule has 5 heteroatoms. The molecule has 1 aromatic rings. The van der Waals surface area contributed by atoms with E-state index < -0.39 is 0 Å². The Morgan fingerprint density at radius 1 is 1.53 bits per heavy atom. The first-order valence-corrected chi connectivity index (χ1v) is 6.36. The van der Waals surface area contributed by atoms with Crippen molar-refractivity contribution in [2.24, 2.45) is 0 Å². The van der Waals surface area contributed by atoms with Crippen LogP contribution in [0.2, 0.25) is 5.15 Å². The summed E-state index contributed by atoms with van der Waals surface area (Å²) in [7, 11) is 2.17. The van der Waals surface area contributed by atoms with Gasteiger partial charge in [0.1, 0.15) is 11.5 Å². The van der Waals surface area contributed by atoms with Gasteiger partial charge in [0.05, 0.1) is 6.61 Å². The standard InChI is InChI=1S/C12H18ClN3O/c1-9-11(13)14-8-15-12(9)17-7-5-10-4-3-6-16(10)2/h8,10H,3-7H2,1-2H3. The molecule has 0 N–H and O–H groups in total. The largest absolute Gasteiger partial charge is 0.477 e. The Kier molecular flexibility index (Phi) is 4.18. The molecule has 1 fully saturated rings. The van der Waals surface area contributed by atoms with Gasteiger partial charge in [-0.05, 0) is 39.8 Å². The summed E-state index contributed by atoms with van der Waals surface area (Å²) in [5.41, 5.74) is 0.814. The van der Waals surface area contributed by atoms with E-state index >= 15 is 0 Å². The van der Waals surface area contributed by atoms with Gasteiger partial charge in [0.2, 0.25) is 5.88 Å². The van der Waals surface area contributed by atoms with Crippen molar-refractivity contribution >= 4 is 11.6 Å². The van der Waals surface area contributed by atoms with Crippen molar-refractivity contribution in [3.8, 4) is 5.88 Å². The second kappa shape index (κ2) is 5.65. The van der Waals surface area contributed by atoms with E-state index in [-0.39, 0.29) is 0 Å². The van der Waals surface area contributed by atoms with Crippen LogP contribution < -0.4 is 4.74 Å². The number of hydrogen-bond acceptors (Lipinski definition) is 4. The normalized spacial score (nSPS) is 20.8. The van der Waals surface area contributed by atoms with Crippen molar-refractivity contribution < 1.29 is 4.74 Å². The maximum atomic E-state index is 5.90. The summed E-state index contributed by atoms with van der Waals surface area (Å²) in [6, 6.07) is 0.646. The molecule has 1 aliphatic rings. The molecule has 0 saturated carbocycles. The molecule has 0 aromatic carbocycles. The molecule has 17 heavy (non-hydrogen) atoms. The summed E-state index contributed by atoms with van der Waals surface area (Å²) in [5, 5.41) is 0.466. The maximum absolute atomic E-state index is 5.90. The molecule has 1 saturated heterocycles. The van der Waals surface area contributed by atoms with E-state index in [4.69, 9.17) is 16.3 Å². The van der Waals surface area contributed by atoms with Crippen LogP contribution in [0.1, 0.15) is 24.8 Å². The maximum Gasteiger partial charge on any atom is 0.220 e. The Labute approximate surface area is 107 Å². The topological polar surface area (TPSA) is 38.3 Å². The first-order valence-electron chi connectivity index (χ1n) is 5.98. The number of ether oxygens (including phenoxy) is 1. The third kappa shape index (κ3) is 3.07. The molecule has 0 amide bonds. The first-order chi connectivity index (χ1) is 8.18. The lowest BCUT2D eigenvalue weighted by molar-refractivity contribution is 0.227. The van der Waals surface area contributed by atoms with Gasteiger partial charge in [-0.1, -0.05) is 11.6 Å². The fourth-order valence-electron chi connectivity index (χ4n) is 2.20. The lowest BCUT2D eigenvalue weighted by atomic mass is 10.1. The SMILES string of the molecule is Cc1c(Cl)ncnc1OCCC1CCCN1C. The van der Waals surface area contributed by atoms with Crippen molar-refractivity contribution in [2.45, 2.75) is 32.2 Å². The Balaban J connectivity index is 1.84. The van der Waals surface area contributed by atoms with Gasteiger partial charge in [0.15, 0.2) is 0 Å². The Hall–Kier alpha value is -0.870. The average Bonchev–Trinajstić information content (AvgIpc) is 2.71. The monoisotopic (exact) mass is 255 g/mol. The molecule has 4 nitrogen and oxygen atoms in total. The highest BCUT2D eigenvalue weighted by atomic mass is 35.5. The van der Waals surface area contributed by atoms with Gasteiger partial charge in [-0.25, -0.2) is 9.97 Å². The fourth-order valence-corrected chi connectivity index (χ4v) is 2.32. The van der Waals surface area contributed by atoms with Gasteiger partial charge in [0.25, 0.3) is 0 Å².